The van der Waals surface area contributed by atoms with Crippen LogP contribution in [-0.2, 0) is 18.6 Å². The molecule has 1 aliphatic heterocycles. The Morgan fingerprint density at radius 3 is 2.79 bits per heavy atom. The zero-order chi connectivity index (χ0) is 10.8. The van der Waals surface area contributed by atoms with Crippen LogP contribution in [0.2, 0.25) is 0 Å². The molecule has 0 spiro atoms. The quantitative estimate of drug-likeness (QED) is 0.498. The number of hydrogen-bond donors (Lipinski definition) is 0. The number of methoxy groups -OCH3 is 1. The summed E-state index contributed by atoms with van der Waals surface area (Å²) in [5, 5.41) is 0. The van der Waals surface area contributed by atoms with Crippen molar-refractivity contribution in [2.45, 2.75) is 24.6 Å². The third-order valence-electron chi connectivity index (χ3n) is 1.90. The minimum Gasteiger partial charge on any atom is -0.382 e. The molecule has 4 radical (unpaired) electrons. The summed E-state index contributed by atoms with van der Waals surface area (Å²) in [5.41, 5.74) is 0. The van der Waals surface area contributed by atoms with E-state index in [9.17, 15) is 4.57 Å². The van der Waals surface area contributed by atoms with Gasteiger partial charge >= 0.3 is 0 Å². The third kappa shape index (κ3) is 3.77. The van der Waals surface area contributed by atoms with E-state index in [1.165, 1.54) is 6.66 Å². The van der Waals surface area contributed by atoms with Crippen LogP contribution in [0.25, 0.3) is 0 Å². The summed E-state index contributed by atoms with van der Waals surface area (Å²) in [7, 11) is 9.45. The van der Waals surface area contributed by atoms with Gasteiger partial charge in [-0.05, 0) is 6.42 Å². The van der Waals surface area contributed by atoms with Crippen LogP contribution >= 0.6 is 7.25 Å². The van der Waals surface area contributed by atoms with Crippen LogP contribution in [0.1, 0.15) is 6.42 Å². The van der Waals surface area contributed by atoms with E-state index in [0.717, 1.165) is 0 Å². The molecule has 7 heteroatoms. The van der Waals surface area contributed by atoms with E-state index >= 15 is 0 Å². The maximum atomic E-state index is 11.2. The maximum Gasteiger partial charge on any atom is 0.202 e. The summed E-state index contributed by atoms with van der Waals surface area (Å²) >= 11 is 0. The van der Waals surface area contributed by atoms with Gasteiger partial charge in [-0.3, -0.25) is 0 Å². The SMILES string of the molecule is [B][C@H]1CC(OP([B])(C)=O)[C@@H](COC)O1. The van der Waals surface area contributed by atoms with Crippen LogP contribution in [0.4, 0.5) is 0 Å². The highest BCUT2D eigenvalue weighted by molar-refractivity contribution is 7.82. The van der Waals surface area contributed by atoms with Gasteiger partial charge in [0, 0.05) is 19.8 Å². The molecule has 0 aromatic carbocycles. The average molecular weight is 214 g/mol. The van der Waals surface area contributed by atoms with E-state index < -0.39 is 13.3 Å². The second kappa shape index (κ2) is 4.84. The monoisotopic (exact) mass is 214 g/mol. The van der Waals surface area contributed by atoms with Gasteiger partial charge in [0.25, 0.3) is 0 Å². The minimum atomic E-state index is -2.99. The fourth-order valence-electron chi connectivity index (χ4n) is 1.44. The van der Waals surface area contributed by atoms with Crippen LogP contribution in [0.15, 0.2) is 0 Å². The Labute approximate surface area is 86.9 Å². The first-order chi connectivity index (χ1) is 6.42. The molecule has 76 valence electrons. The number of hydrogen-bond acceptors (Lipinski definition) is 4. The molecule has 0 aromatic rings. The van der Waals surface area contributed by atoms with Crippen molar-refractivity contribution in [3.63, 3.8) is 0 Å². The van der Waals surface area contributed by atoms with Crippen molar-refractivity contribution in [3.05, 3.63) is 0 Å². The maximum absolute atomic E-state index is 11.2. The van der Waals surface area contributed by atoms with Crippen molar-refractivity contribution in [3.8, 4) is 0 Å². The van der Waals surface area contributed by atoms with Crippen molar-refractivity contribution in [1.82, 2.24) is 0 Å². The fraction of sp³-hybridized carbons (Fsp3) is 1.00. The average Bonchev–Trinajstić information content (AvgIpc) is 2.28. The summed E-state index contributed by atoms with van der Waals surface area (Å²) in [6.45, 7) is 1.72. The Balaban J connectivity index is 2.53. The largest absolute Gasteiger partial charge is 0.382 e. The molecule has 4 nitrogen and oxygen atoms in total. The second-order valence-electron chi connectivity index (χ2n) is 3.46. The lowest BCUT2D eigenvalue weighted by atomic mass is 9.96. The normalized spacial score (nSPS) is 36.9. The van der Waals surface area contributed by atoms with Crippen LogP contribution in [-0.4, -0.2) is 54.0 Å². The van der Waals surface area contributed by atoms with Gasteiger partial charge < -0.3 is 18.6 Å². The van der Waals surface area contributed by atoms with Crippen LogP contribution in [0.5, 0.6) is 0 Å². The highest BCUT2D eigenvalue weighted by Gasteiger charge is 2.35. The molecule has 1 heterocycles. The molecule has 14 heavy (non-hydrogen) atoms. The molecule has 0 N–H and O–H groups in total. The lowest BCUT2D eigenvalue weighted by molar-refractivity contribution is -0.00895. The molecule has 1 saturated heterocycles. The lowest BCUT2D eigenvalue weighted by Crippen LogP contribution is -2.28. The molecular weight excluding hydrogens is 201 g/mol. The lowest BCUT2D eigenvalue weighted by Gasteiger charge is -2.20. The minimum absolute atomic E-state index is 0.285. The third-order valence-corrected chi connectivity index (χ3v) is 2.59. The Kier molecular flexibility index (Phi) is 4.26. The molecule has 0 aliphatic carbocycles. The number of rotatable bonds is 4. The topological polar surface area (TPSA) is 44.8 Å². The summed E-state index contributed by atoms with van der Waals surface area (Å²) in [5.74, 6) is 0. The summed E-state index contributed by atoms with van der Waals surface area (Å²) in [6, 6.07) is -0.397. The molecule has 1 rings (SSSR count). The van der Waals surface area contributed by atoms with Crippen LogP contribution in [0.3, 0.4) is 0 Å². The molecule has 0 saturated carbocycles. The van der Waals surface area contributed by atoms with E-state index in [1.807, 2.05) is 0 Å². The van der Waals surface area contributed by atoms with E-state index in [2.05, 4.69) is 0 Å². The molecule has 2 unspecified atom stereocenters. The van der Waals surface area contributed by atoms with Crippen molar-refractivity contribution < 1.29 is 18.6 Å². The van der Waals surface area contributed by atoms with Crippen LogP contribution < -0.4 is 0 Å². The van der Waals surface area contributed by atoms with Gasteiger partial charge in [-0.25, -0.2) is 0 Å². The van der Waals surface area contributed by atoms with E-state index in [-0.39, 0.29) is 12.2 Å². The smallest absolute Gasteiger partial charge is 0.202 e. The predicted molar refractivity (Wildman–Crippen MR) is 55.1 cm³/mol. The molecule has 0 amide bonds. The summed E-state index contributed by atoms with van der Waals surface area (Å²) in [6.07, 6.45) is -0.138. The molecule has 0 bridgehead atoms. The second-order valence-corrected chi connectivity index (χ2v) is 5.48. The molecule has 0 aromatic heterocycles. The van der Waals surface area contributed by atoms with Crippen molar-refractivity contribution in [1.29, 1.82) is 0 Å². The van der Waals surface area contributed by atoms with E-state index in [4.69, 9.17) is 29.4 Å². The highest BCUT2D eigenvalue weighted by atomic mass is 31.2. The van der Waals surface area contributed by atoms with Crippen LogP contribution in [0, 0.1) is 0 Å². The molecule has 1 fully saturated rings. The first-order valence-electron chi connectivity index (χ1n) is 4.37. The van der Waals surface area contributed by atoms with Gasteiger partial charge in [0.05, 0.1) is 12.7 Å². The van der Waals surface area contributed by atoms with Gasteiger partial charge in [0.2, 0.25) is 7.57 Å². The first-order valence-corrected chi connectivity index (χ1v) is 6.51. The zero-order valence-electron chi connectivity index (χ0n) is 8.38. The fourth-order valence-corrected chi connectivity index (χ4v) is 2.20. The molecule has 4 atom stereocenters. The molecule has 1 aliphatic rings. The Hall–Kier alpha value is 0.240. The predicted octanol–water partition coefficient (Wildman–Crippen LogP) is 0.293. The van der Waals surface area contributed by atoms with Gasteiger partial charge in [-0.15, -0.1) is 0 Å². The summed E-state index contributed by atoms with van der Waals surface area (Å²) < 4.78 is 26.7. The number of ether oxygens (including phenoxy) is 2. The standard InChI is InChI=1S/C7H13B2O4P/c1-11-4-6-5(3-7(8)12-6)13-14(2,9)10/h5-7H,3-4H2,1-2H3/t5?,6-,7-,14?/m1/s1. The highest BCUT2D eigenvalue weighted by Crippen LogP contribution is 2.41. The van der Waals surface area contributed by atoms with E-state index in [0.29, 0.717) is 13.0 Å². The summed E-state index contributed by atoms with van der Waals surface area (Å²) in [4.78, 5) is 0. The van der Waals surface area contributed by atoms with Gasteiger partial charge in [-0.2, -0.15) is 0 Å². The van der Waals surface area contributed by atoms with Gasteiger partial charge in [0.15, 0.2) is 0 Å². The van der Waals surface area contributed by atoms with E-state index in [1.54, 1.807) is 7.11 Å². The Bertz CT molecular complexity index is 232. The van der Waals surface area contributed by atoms with Gasteiger partial charge in [0.1, 0.15) is 21.2 Å². The van der Waals surface area contributed by atoms with Crippen molar-refractivity contribution in [2.24, 2.45) is 0 Å². The van der Waals surface area contributed by atoms with Gasteiger partial charge in [-0.1, -0.05) is 0 Å². The first kappa shape index (κ1) is 12.3. The Morgan fingerprint density at radius 1 is 1.64 bits per heavy atom. The zero-order valence-corrected chi connectivity index (χ0v) is 9.28. The Morgan fingerprint density at radius 2 is 2.29 bits per heavy atom. The van der Waals surface area contributed by atoms with Crippen molar-refractivity contribution in [2.75, 3.05) is 20.4 Å². The van der Waals surface area contributed by atoms with Crippen molar-refractivity contribution >= 4 is 22.7 Å². The molecular formula is C7H13B2O4P.